The molecule has 1 saturated heterocycles. The Morgan fingerprint density at radius 2 is 1.63 bits per heavy atom. The quantitative estimate of drug-likeness (QED) is 0.693. The maximum Gasteiger partial charge on any atom is 0.226 e. The van der Waals surface area contributed by atoms with Gasteiger partial charge in [0.15, 0.2) is 0 Å². The summed E-state index contributed by atoms with van der Waals surface area (Å²) in [6.07, 6.45) is 3.73. The van der Waals surface area contributed by atoms with E-state index in [0.29, 0.717) is 38.9 Å². The average molecular weight is 405 g/mol. The minimum atomic E-state index is -0.495. The van der Waals surface area contributed by atoms with E-state index in [0.717, 1.165) is 5.56 Å². The number of likely N-dealkylation sites (tertiary alicyclic amines) is 1. The first-order valence-corrected chi connectivity index (χ1v) is 10.8. The number of nitrogens with zero attached hydrogens (tertiary/aromatic N) is 1. The van der Waals surface area contributed by atoms with Gasteiger partial charge in [0.05, 0.1) is 5.41 Å². The molecule has 1 heterocycles. The van der Waals surface area contributed by atoms with Crippen LogP contribution < -0.4 is 5.32 Å². The Kier molecular flexibility index (Phi) is 7.09. The van der Waals surface area contributed by atoms with E-state index in [1.165, 1.54) is 11.1 Å². The standard InChI is InChI=1S/C26H32N2O2/c1-4-16-27-25(30)26(14-17-28(18-15-26)24(29)20(2)3)19-21-10-12-23(13-11-21)22-8-6-5-7-9-22/h4-13,20H,1,14-19H2,2-3H3,(H,27,30). The first-order chi connectivity index (χ1) is 14.4. The average Bonchev–Trinajstić information content (AvgIpc) is 2.78. The van der Waals surface area contributed by atoms with Crippen LogP contribution in [0.1, 0.15) is 32.3 Å². The summed E-state index contributed by atoms with van der Waals surface area (Å²) in [5.41, 5.74) is 3.00. The molecule has 0 aliphatic carbocycles. The zero-order valence-electron chi connectivity index (χ0n) is 18.1. The number of amides is 2. The topological polar surface area (TPSA) is 49.4 Å². The van der Waals surface area contributed by atoms with Gasteiger partial charge in [-0.2, -0.15) is 0 Å². The minimum Gasteiger partial charge on any atom is -0.352 e. The van der Waals surface area contributed by atoms with Crippen LogP contribution in [0.4, 0.5) is 0 Å². The molecule has 1 N–H and O–H groups in total. The Bertz CT molecular complexity index is 864. The van der Waals surface area contributed by atoms with E-state index in [1.807, 2.05) is 36.9 Å². The fourth-order valence-electron chi connectivity index (χ4n) is 4.19. The van der Waals surface area contributed by atoms with Crippen molar-refractivity contribution in [2.24, 2.45) is 11.3 Å². The van der Waals surface area contributed by atoms with E-state index in [2.05, 4.69) is 48.3 Å². The Morgan fingerprint density at radius 1 is 1.03 bits per heavy atom. The molecule has 0 atom stereocenters. The maximum absolute atomic E-state index is 13.1. The summed E-state index contributed by atoms with van der Waals surface area (Å²) in [5, 5.41) is 3.01. The molecular formula is C26H32N2O2. The number of hydrogen-bond donors (Lipinski definition) is 1. The Balaban J connectivity index is 1.77. The van der Waals surface area contributed by atoms with Gasteiger partial charge in [-0.25, -0.2) is 0 Å². The summed E-state index contributed by atoms with van der Waals surface area (Å²) in [5.74, 6) is 0.214. The van der Waals surface area contributed by atoms with Crippen molar-refractivity contribution in [3.8, 4) is 11.1 Å². The van der Waals surface area contributed by atoms with Gasteiger partial charge in [0.25, 0.3) is 0 Å². The largest absolute Gasteiger partial charge is 0.352 e. The number of rotatable bonds is 7. The van der Waals surface area contributed by atoms with Gasteiger partial charge in [0.2, 0.25) is 11.8 Å². The molecule has 30 heavy (non-hydrogen) atoms. The van der Waals surface area contributed by atoms with Crippen LogP contribution in [0.3, 0.4) is 0 Å². The van der Waals surface area contributed by atoms with Gasteiger partial charge in [-0.05, 0) is 36.0 Å². The molecular weight excluding hydrogens is 372 g/mol. The third-order valence-corrected chi connectivity index (χ3v) is 6.02. The normalized spacial score (nSPS) is 15.6. The molecule has 1 aliphatic heterocycles. The highest BCUT2D eigenvalue weighted by Gasteiger charge is 2.42. The lowest BCUT2D eigenvalue weighted by Crippen LogP contribution is -2.52. The molecule has 4 heteroatoms. The van der Waals surface area contributed by atoms with E-state index in [4.69, 9.17) is 0 Å². The van der Waals surface area contributed by atoms with Crippen molar-refractivity contribution in [2.75, 3.05) is 19.6 Å². The van der Waals surface area contributed by atoms with Crippen molar-refractivity contribution in [1.29, 1.82) is 0 Å². The molecule has 0 radical (unpaired) electrons. The molecule has 0 saturated carbocycles. The van der Waals surface area contributed by atoms with E-state index < -0.39 is 5.41 Å². The molecule has 0 unspecified atom stereocenters. The summed E-state index contributed by atoms with van der Waals surface area (Å²) in [6.45, 7) is 9.27. The highest BCUT2D eigenvalue weighted by Crippen LogP contribution is 2.36. The van der Waals surface area contributed by atoms with Gasteiger partial charge < -0.3 is 10.2 Å². The lowest BCUT2D eigenvalue weighted by molar-refractivity contribution is -0.142. The molecule has 0 bridgehead atoms. The molecule has 1 aliphatic rings. The molecule has 2 amide bonds. The first-order valence-electron chi connectivity index (χ1n) is 10.8. The number of carbonyl (C=O) groups is 2. The summed E-state index contributed by atoms with van der Waals surface area (Å²) in [6, 6.07) is 18.8. The number of carbonyl (C=O) groups excluding carboxylic acids is 2. The third-order valence-electron chi connectivity index (χ3n) is 6.02. The van der Waals surface area contributed by atoms with Crippen LogP contribution in [-0.4, -0.2) is 36.3 Å². The molecule has 1 fully saturated rings. The number of benzene rings is 2. The van der Waals surface area contributed by atoms with E-state index in [9.17, 15) is 9.59 Å². The summed E-state index contributed by atoms with van der Waals surface area (Å²) in [7, 11) is 0. The molecule has 0 spiro atoms. The Hall–Kier alpha value is -2.88. The van der Waals surface area contributed by atoms with Crippen LogP contribution in [0.15, 0.2) is 67.3 Å². The predicted molar refractivity (Wildman–Crippen MR) is 122 cm³/mol. The lowest BCUT2D eigenvalue weighted by Gasteiger charge is -2.41. The summed E-state index contributed by atoms with van der Waals surface area (Å²) < 4.78 is 0. The molecule has 158 valence electrons. The van der Waals surface area contributed by atoms with Crippen molar-refractivity contribution in [1.82, 2.24) is 10.2 Å². The van der Waals surface area contributed by atoms with Crippen LogP contribution in [0.5, 0.6) is 0 Å². The SMILES string of the molecule is C=CCNC(=O)C1(Cc2ccc(-c3ccccc3)cc2)CCN(C(=O)C(C)C)CC1. The number of hydrogen-bond acceptors (Lipinski definition) is 2. The fraction of sp³-hybridized carbons (Fsp3) is 0.385. The van der Waals surface area contributed by atoms with Crippen molar-refractivity contribution in [2.45, 2.75) is 33.1 Å². The first kappa shape index (κ1) is 21.8. The van der Waals surface area contributed by atoms with E-state index in [1.54, 1.807) is 6.08 Å². The highest BCUT2D eigenvalue weighted by molar-refractivity contribution is 5.84. The number of piperidine rings is 1. The van der Waals surface area contributed by atoms with Crippen molar-refractivity contribution < 1.29 is 9.59 Å². The van der Waals surface area contributed by atoms with Gasteiger partial charge in [0, 0.05) is 25.6 Å². The smallest absolute Gasteiger partial charge is 0.226 e. The second-order valence-corrected chi connectivity index (χ2v) is 8.50. The Labute approximate surface area is 180 Å². The van der Waals surface area contributed by atoms with Crippen LogP contribution in [-0.2, 0) is 16.0 Å². The van der Waals surface area contributed by atoms with Gasteiger partial charge in [-0.15, -0.1) is 6.58 Å². The van der Waals surface area contributed by atoms with Gasteiger partial charge in [-0.1, -0.05) is 74.5 Å². The second kappa shape index (κ2) is 9.75. The van der Waals surface area contributed by atoms with Gasteiger partial charge in [0.1, 0.15) is 0 Å². The van der Waals surface area contributed by atoms with Crippen molar-refractivity contribution in [3.05, 3.63) is 72.8 Å². The molecule has 0 aromatic heterocycles. The van der Waals surface area contributed by atoms with Crippen LogP contribution in [0.25, 0.3) is 11.1 Å². The summed E-state index contributed by atoms with van der Waals surface area (Å²) in [4.78, 5) is 27.4. The van der Waals surface area contributed by atoms with Crippen molar-refractivity contribution in [3.63, 3.8) is 0 Å². The summed E-state index contributed by atoms with van der Waals surface area (Å²) >= 11 is 0. The number of nitrogens with one attached hydrogen (secondary N) is 1. The minimum absolute atomic E-state index is 0.0161. The predicted octanol–water partition coefficient (Wildman–Crippen LogP) is 4.46. The molecule has 4 nitrogen and oxygen atoms in total. The highest BCUT2D eigenvalue weighted by atomic mass is 16.2. The monoisotopic (exact) mass is 404 g/mol. The third kappa shape index (κ3) is 4.99. The van der Waals surface area contributed by atoms with Crippen LogP contribution >= 0.6 is 0 Å². The zero-order valence-corrected chi connectivity index (χ0v) is 18.1. The van der Waals surface area contributed by atoms with Crippen LogP contribution in [0, 0.1) is 11.3 Å². The lowest BCUT2D eigenvalue weighted by atomic mass is 9.72. The van der Waals surface area contributed by atoms with Crippen molar-refractivity contribution >= 4 is 11.8 Å². The van der Waals surface area contributed by atoms with Crippen LogP contribution in [0.2, 0.25) is 0 Å². The maximum atomic E-state index is 13.1. The molecule has 2 aromatic carbocycles. The fourth-order valence-corrected chi connectivity index (χ4v) is 4.19. The second-order valence-electron chi connectivity index (χ2n) is 8.50. The van der Waals surface area contributed by atoms with Gasteiger partial charge >= 0.3 is 0 Å². The zero-order chi connectivity index (χ0) is 21.6. The molecule has 2 aromatic rings. The van der Waals surface area contributed by atoms with Gasteiger partial charge in [-0.3, -0.25) is 9.59 Å². The Morgan fingerprint density at radius 3 is 2.20 bits per heavy atom. The molecule has 3 rings (SSSR count). The van der Waals surface area contributed by atoms with E-state index in [-0.39, 0.29) is 17.7 Å². The van der Waals surface area contributed by atoms with E-state index >= 15 is 0 Å².